The molecule has 7 heteroatoms. The van der Waals surface area contributed by atoms with Gasteiger partial charge in [0.1, 0.15) is 5.75 Å². The molecule has 0 unspecified atom stereocenters. The summed E-state index contributed by atoms with van der Waals surface area (Å²) in [4.78, 5) is 26.3. The van der Waals surface area contributed by atoms with Gasteiger partial charge < -0.3 is 5.11 Å². The standard InChI is InChI=1S/C18H13Br2NO3S/c19-13-8-12(16(22)14(20)10-13)9-15-17(23)21(18(24)25-15)7-6-11-4-2-1-3-5-11/h1-5,8-10,22H,6-7H2/b15-9-. The maximum Gasteiger partial charge on any atom is 0.293 e. The molecule has 2 aromatic rings. The molecule has 128 valence electrons. The van der Waals surface area contributed by atoms with Crippen LogP contribution in [0.15, 0.2) is 56.3 Å². The highest BCUT2D eigenvalue weighted by Gasteiger charge is 2.34. The van der Waals surface area contributed by atoms with Crippen LogP contribution in [-0.4, -0.2) is 27.7 Å². The summed E-state index contributed by atoms with van der Waals surface area (Å²) < 4.78 is 1.27. The summed E-state index contributed by atoms with van der Waals surface area (Å²) in [5.41, 5.74) is 1.54. The summed E-state index contributed by atoms with van der Waals surface area (Å²) in [6, 6.07) is 13.1. The van der Waals surface area contributed by atoms with Gasteiger partial charge >= 0.3 is 0 Å². The number of thioether (sulfide) groups is 1. The van der Waals surface area contributed by atoms with E-state index in [2.05, 4.69) is 31.9 Å². The van der Waals surface area contributed by atoms with Gasteiger partial charge in [0, 0.05) is 16.6 Å². The second-order valence-electron chi connectivity index (χ2n) is 5.39. The monoisotopic (exact) mass is 481 g/mol. The Balaban J connectivity index is 1.79. The molecule has 2 aromatic carbocycles. The minimum absolute atomic E-state index is 0.0271. The Morgan fingerprint density at radius 3 is 2.56 bits per heavy atom. The van der Waals surface area contributed by atoms with Gasteiger partial charge in [0.25, 0.3) is 11.1 Å². The predicted octanol–water partition coefficient (Wildman–Crippen LogP) is 5.20. The first-order valence-electron chi connectivity index (χ1n) is 7.43. The molecule has 0 spiro atoms. The number of hydrogen-bond donors (Lipinski definition) is 1. The van der Waals surface area contributed by atoms with Crippen molar-refractivity contribution < 1.29 is 14.7 Å². The third-order valence-electron chi connectivity index (χ3n) is 3.68. The number of phenols is 1. The van der Waals surface area contributed by atoms with Crippen LogP contribution in [0, 0.1) is 0 Å². The van der Waals surface area contributed by atoms with Gasteiger partial charge in [0.05, 0.1) is 9.38 Å². The summed E-state index contributed by atoms with van der Waals surface area (Å²) in [5, 5.41) is 9.83. The number of carbonyl (C=O) groups is 2. The largest absolute Gasteiger partial charge is 0.506 e. The summed E-state index contributed by atoms with van der Waals surface area (Å²) in [5.74, 6) is -0.305. The zero-order chi connectivity index (χ0) is 18.0. The lowest BCUT2D eigenvalue weighted by atomic mass is 10.1. The molecule has 0 atom stereocenters. The summed E-state index contributed by atoms with van der Waals surface area (Å²) in [6.07, 6.45) is 2.15. The van der Waals surface area contributed by atoms with Gasteiger partial charge in [-0.25, -0.2) is 0 Å². The third-order valence-corrected chi connectivity index (χ3v) is 5.65. The Morgan fingerprint density at radius 2 is 1.84 bits per heavy atom. The zero-order valence-corrected chi connectivity index (χ0v) is 16.9. The smallest absolute Gasteiger partial charge is 0.293 e. The molecule has 1 saturated heterocycles. The van der Waals surface area contributed by atoms with E-state index in [1.165, 1.54) is 11.0 Å². The fourth-order valence-corrected chi connectivity index (χ4v) is 4.53. The Hall–Kier alpha value is -1.57. The van der Waals surface area contributed by atoms with Crippen molar-refractivity contribution in [2.75, 3.05) is 6.54 Å². The Morgan fingerprint density at radius 1 is 1.12 bits per heavy atom. The molecule has 2 amide bonds. The molecular weight excluding hydrogens is 470 g/mol. The van der Waals surface area contributed by atoms with Crippen molar-refractivity contribution in [2.24, 2.45) is 0 Å². The van der Waals surface area contributed by atoms with E-state index in [1.807, 2.05) is 30.3 Å². The van der Waals surface area contributed by atoms with Crippen molar-refractivity contribution in [2.45, 2.75) is 6.42 Å². The summed E-state index contributed by atoms with van der Waals surface area (Å²) >= 11 is 7.49. The number of halogens is 2. The SMILES string of the molecule is O=C1S/C(=C\c2cc(Br)cc(Br)c2O)C(=O)N1CCc1ccccc1. The van der Waals surface area contributed by atoms with Crippen LogP contribution in [0.25, 0.3) is 6.08 Å². The summed E-state index contributed by atoms with van der Waals surface area (Å²) in [6.45, 7) is 0.334. The molecule has 4 nitrogen and oxygen atoms in total. The van der Waals surface area contributed by atoms with Crippen LogP contribution in [0.2, 0.25) is 0 Å². The van der Waals surface area contributed by atoms with Crippen molar-refractivity contribution in [1.29, 1.82) is 0 Å². The molecule has 3 rings (SSSR count). The van der Waals surface area contributed by atoms with E-state index >= 15 is 0 Å². The molecule has 1 fully saturated rings. The first kappa shape index (κ1) is 18.2. The minimum atomic E-state index is -0.332. The number of hydrogen-bond acceptors (Lipinski definition) is 4. The van der Waals surface area contributed by atoms with Gasteiger partial charge in [0.15, 0.2) is 0 Å². The molecule has 1 heterocycles. The quantitative estimate of drug-likeness (QED) is 0.608. The number of rotatable bonds is 4. The van der Waals surface area contributed by atoms with Crippen molar-refractivity contribution >= 4 is 60.8 Å². The van der Waals surface area contributed by atoms with Crippen LogP contribution in [0.4, 0.5) is 4.79 Å². The average Bonchev–Trinajstić information content (AvgIpc) is 2.85. The van der Waals surface area contributed by atoms with Crippen LogP contribution in [0.1, 0.15) is 11.1 Å². The first-order chi connectivity index (χ1) is 12.0. The molecule has 0 aromatic heterocycles. The molecule has 0 saturated carbocycles. The van der Waals surface area contributed by atoms with Crippen LogP contribution < -0.4 is 0 Å². The molecule has 0 bridgehead atoms. The van der Waals surface area contributed by atoms with E-state index in [-0.39, 0.29) is 16.9 Å². The zero-order valence-electron chi connectivity index (χ0n) is 12.9. The number of carbonyl (C=O) groups excluding carboxylic acids is 2. The van der Waals surface area contributed by atoms with E-state index in [0.29, 0.717) is 27.9 Å². The van der Waals surface area contributed by atoms with Crippen LogP contribution >= 0.6 is 43.6 Å². The van der Waals surface area contributed by atoms with E-state index in [9.17, 15) is 14.7 Å². The summed E-state index contributed by atoms with van der Waals surface area (Å²) in [7, 11) is 0. The molecule has 1 aliphatic heterocycles. The molecule has 0 radical (unpaired) electrons. The molecular formula is C18H13Br2NO3S. The number of benzene rings is 2. The maximum atomic E-state index is 12.5. The maximum absolute atomic E-state index is 12.5. The average molecular weight is 483 g/mol. The Kier molecular flexibility index (Phi) is 5.66. The lowest BCUT2D eigenvalue weighted by Gasteiger charge is -2.12. The predicted molar refractivity (Wildman–Crippen MR) is 106 cm³/mol. The Bertz CT molecular complexity index is 868. The van der Waals surface area contributed by atoms with Gasteiger partial charge in [0.2, 0.25) is 0 Å². The topological polar surface area (TPSA) is 57.6 Å². The van der Waals surface area contributed by atoms with Crippen LogP contribution in [0.5, 0.6) is 5.75 Å². The number of aromatic hydroxyl groups is 1. The fourth-order valence-electron chi connectivity index (χ4n) is 2.42. The van der Waals surface area contributed by atoms with Gasteiger partial charge in [-0.05, 0) is 57.9 Å². The Labute approximate surface area is 166 Å². The molecule has 1 N–H and O–H groups in total. The van der Waals surface area contributed by atoms with Gasteiger partial charge in [-0.2, -0.15) is 0 Å². The van der Waals surface area contributed by atoms with E-state index < -0.39 is 0 Å². The highest BCUT2D eigenvalue weighted by Crippen LogP contribution is 2.37. The third kappa shape index (κ3) is 4.16. The number of phenolic OH excluding ortho intramolecular Hbond substituents is 1. The number of imide groups is 1. The normalized spacial score (nSPS) is 16.1. The van der Waals surface area contributed by atoms with Gasteiger partial charge in [-0.3, -0.25) is 14.5 Å². The van der Waals surface area contributed by atoms with E-state index in [1.54, 1.807) is 12.1 Å². The van der Waals surface area contributed by atoms with Gasteiger partial charge in [-0.1, -0.05) is 46.3 Å². The lowest BCUT2D eigenvalue weighted by molar-refractivity contribution is -0.122. The highest BCUT2D eigenvalue weighted by atomic mass is 79.9. The van der Waals surface area contributed by atoms with Crippen molar-refractivity contribution in [3.8, 4) is 5.75 Å². The fraction of sp³-hybridized carbons (Fsp3) is 0.111. The van der Waals surface area contributed by atoms with Gasteiger partial charge in [-0.15, -0.1) is 0 Å². The van der Waals surface area contributed by atoms with E-state index in [0.717, 1.165) is 21.8 Å². The lowest BCUT2D eigenvalue weighted by Crippen LogP contribution is -2.30. The first-order valence-corrected chi connectivity index (χ1v) is 9.83. The second-order valence-corrected chi connectivity index (χ2v) is 8.16. The van der Waals surface area contributed by atoms with Crippen LogP contribution in [0.3, 0.4) is 0 Å². The number of nitrogens with zero attached hydrogens (tertiary/aromatic N) is 1. The highest BCUT2D eigenvalue weighted by molar-refractivity contribution is 9.11. The number of amides is 2. The minimum Gasteiger partial charge on any atom is -0.506 e. The van der Waals surface area contributed by atoms with Crippen molar-refractivity contribution in [1.82, 2.24) is 4.90 Å². The molecule has 1 aliphatic rings. The molecule has 25 heavy (non-hydrogen) atoms. The van der Waals surface area contributed by atoms with Crippen LogP contribution in [-0.2, 0) is 11.2 Å². The molecule has 0 aliphatic carbocycles. The van der Waals surface area contributed by atoms with Crippen molar-refractivity contribution in [3.63, 3.8) is 0 Å². The second kappa shape index (κ2) is 7.76. The van der Waals surface area contributed by atoms with Crippen molar-refractivity contribution in [3.05, 3.63) is 67.4 Å². The van der Waals surface area contributed by atoms with E-state index in [4.69, 9.17) is 0 Å².